The average Bonchev–Trinajstić information content (AvgIpc) is 2.15. The van der Waals surface area contributed by atoms with E-state index in [0.29, 0.717) is 12.3 Å². The van der Waals surface area contributed by atoms with Crippen LogP contribution in [0.2, 0.25) is 0 Å². The van der Waals surface area contributed by atoms with Crippen LogP contribution in [-0.4, -0.2) is 29.1 Å². The van der Waals surface area contributed by atoms with E-state index in [9.17, 15) is 9.59 Å². The molecule has 5 heteroatoms. The third-order valence-corrected chi connectivity index (χ3v) is 2.08. The molecule has 0 aromatic carbocycles. The van der Waals surface area contributed by atoms with Gasteiger partial charge in [-0.1, -0.05) is 19.9 Å². The summed E-state index contributed by atoms with van der Waals surface area (Å²) in [7, 11) is 0. The molecule has 0 aliphatic rings. The van der Waals surface area contributed by atoms with Crippen LogP contribution in [-0.2, 0) is 9.59 Å². The molecule has 0 aromatic rings. The van der Waals surface area contributed by atoms with Gasteiger partial charge in [0.2, 0.25) is 5.91 Å². The molecule has 0 aliphatic carbocycles. The predicted octanol–water partition coefficient (Wildman–Crippen LogP) is 0.505. The van der Waals surface area contributed by atoms with Crippen LogP contribution in [0.1, 0.15) is 26.7 Å². The molecule has 0 aromatic heterocycles. The SMILES string of the molecule is C=CCC(NC(=O)[C@@H](N)CC(C)C)C(=O)O. The Kier molecular flexibility index (Phi) is 6.41. The summed E-state index contributed by atoms with van der Waals surface area (Å²) in [5.41, 5.74) is 5.63. The number of nitrogens with one attached hydrogen (secondary N) is 1. The molecule has 0 rings (SSSR count). The van der Waals surface area contributed by atoms with Gasteiger partial charge in [-0.15, -0.1) is 6.58 Å². The van der Waals surface area contributed by atoms with Gasteiger partial charge in [0.15, 0.2) is 0 Å². The van der Waals surface area contributed by atoms with Crippen molar-refractivity contribution in [1.29, 1.82) is 0 Å². The number of hydrogen-bond acceptors (Lipinski definition) is 3. The quantitative estimate of drug-likeness (QED) is 0.553. The van der Waals surface area contributed by atoms with Gasteiger partial charge in [0.25, 0.3) is 0 Å². The lowest BCUT2D eigenvalue weighted by molar-refractivity contribution is -0.141. The minimum absolute atomic E-state index is 0.190. The number of carboxylic acid groups (broad SMARTS) is 1. The van der Waals surface area contributed by atoms with Crippen molar-refractivity contribution in [3.63, 3.8) is 0 Å². The first-order valence-electron chi connectivity index (χ1n) is 5.28. The number of carboxylic acids is 1. The minimum Gasteiger partial charge on any atom is -0.480 e. The second-order valence-corrected chi connectivity index (χ2v) is 4.16. The van der Waals surface area contributed by atoms with Gasteiger partial charge in [-0.25, -0.2) is 4.79 Å². The highest BCUT2D eigenvalue weighted by atomic mass is 16.4. The van der Waals surface area contributed by atoms with Crippen LogP contribution in [0.25, 0.3) is 0 Å². The lowest BCUT2D eigenvalue weighted by atomic mass is 10.0. The van der Waals surface area contributed by atoms with Crippen molar-refractivity contribution >= 4 is 11.9 Å². The Labute approximate surface area is 95.7 Å². The molecule has 92 valence electrons. The van der Waals surface area contributed by atoms with Crippen LogP contribution in [0.4, 0.5) is 0 Å². The smallest absolute Gasteiger partial charge is 0.326 e. The van der Waals surface area contributed by atoms with Crippen LogP contribution in [0.5, 0.6) is 0 Å². The van der Waals surface area contributed by atoms with Gasteiger partial charge in [-0.3, -0.25) is 4.79 Å². The molecule has 0 fully saturated rings. The summed E-state index contributed by atoms with van der Waals surface area (Å²) < 4.78 is 0. The summed E-state index contributed by atoms with van der Waals surface area (Å²) in [6.07, 6.45) is 2.18. The first kappa shape index (κ1) is 14.6. The van der Waals surface area contributed by atoms with Crippen LogP contribution < -0.4 is 11.1 Å². The fourth-order valence-electron chi connectivity index (χ4n) is 1.28. The number of aliphatic carboxylic acids is 1. The Morgan fingerprint density at radius 1 is 1.50 bits per heavy atom. The van der Waals surface area contributed by atoms with Crippen molar-refractivity contribution in [1.82, 2.24) is 5.32 Å². The maximum atomic E-state index is 11.5. The molecule has 0 spiro atoms. The first-order chi connectivity index (χ1) is 7.38. The van der Waals surface area contributed by atoms with Crippen LogP contribution in [0.15, 0.2) is 12.7 Å². The van der Waals surface area contributed by atoms with Gasteiger partial charge in [-0.2, -0.15) is 0 Å². The van der Waals surface area contributed by atoms with E-state index in [1.54, 1.807) is 0 Å². The molecule has 1 amide bonds. The lowest BCUT2D eigenvalue weighted by Gasteiger charge is -2.17. The number of amides is 1. The maximum absolute atomic E-state index is 11.5. The fourth-order valence-corrected chi connectivity index (χ4v) is 1.28. The molecule has 0 bridgehead atoms. The van der Waals surface area contributed by atoms with Crippen molar-refractivity contribution in [2.24, 2.45) is 11.7 Å². The average molecular weight is 228 g/mol. The monoisotopic (exact) mass is 228 g/mol. The molecular weight excluding hydrogens is 208 g/mol. The second kappa shape index (κ2) is 7.00. The second-order valence-electron chi connectivity index (χ2n) is 4.16. The van der Waals surface area contributed by atoms with E-state index in [0.717, 1.165) is 0 Å². The fraction of sp³-hybridized carbons (Fsp3) is 0.636. The zero-order chi connectivity index (χ0) is 12.7. The summed E-state index contributed by atoms with van der Waals surface area (Å²) in [5, 5.41) is 11.2. The molecule has 0 saturated heterocycles. The maximum Gasteiger partial charge on any atom is 0.326 e. The topological polar surface area (TPSA) is 92.4 Å². The van der Waals surface area contributed by atoms with Crippen molar-refractivity contribution in [2.45, 2.75) is 38.8 Å². The normalized spacial score (nSPS) is 14.2. The molecule has 2 atom stereocenters. The van der Waals surface area contributed by atoms with Crippen LogP contribution in [0.3, 0.4) is 0 Å². The van der Waals surface area contributed by atoms with E-state index in [1.165, 1.54) is 6.08 Å². The standard InChI is InChI=1S/C11H20N2O3/c1-4-5-9(11(15)16)13-10(14)8(12)6-7(2)3/h4,7-9H,1,5-6,12H2,2-3H3,(H,13,14)(H,15,16)/t8-,9?/m0/s1. The first-order valence-corrected chi connectivity index (χ1v) is 5.28. The van der Waals surface area contributed by atoms with Crippen molar-refractivity contribution < 1.29 is 14.7 Å². The third-order valence-electron chi connectivity index (χ3n) is 2.08. The van der Waals surface area contributed by atoms with E-state index in [4.69, 9.17) is 10.8 Å². The Hall–Kier alpha value is -1.36. The summed E-state index contributed by atoms with van der Waals surface area (Å²) in [4.78, 5) is 22.3. The Balaban J connectivity index is 4.28. The summed E-state index contributed by atoms with van der Waals surface area (Å²) in [6.45, 7) is 7.34. The summed E-state index contributed by atoms with van der Waals surface area (Å²) in [5.74, 6) is -1.21. The molecule has 0 aliphatic heterocycles. The van der Waals surface area contributed by atoms with Gasteiger partial charge in [0, 0.05) is 0 Å². The van der Waals surface area contributed by atoms with Gasteiger partial charge in [0.1, 0.15) is 6.04 Å². The summed E-state index contributed by atoms with van der Waals surface area (Å²) in [6, 6.07) is -1.60. The van der Waals surface area contributed by atoms with E-state index >= 15 is 0 Å². The molecular formula is C11H20N2O3. The van der Waals surface area contributed by atoms with E-state index in [2.05, 4.69) is 11.9 Å². The lowest BCUT2D eigenvalue weighted by Crippen LogP contribution is -2.48. The number of nitrogens with two attached hydrogens (primary N) is 1. The largest absolute Gasteiger partial charge is 0.480 e. The van der Waals surface area contributed by atoms with E-state index in [-0.39, 0.29) is 6.42 Å². The van der Waals surface area contributed by atoms with E-state index in [1.807, 2.05) is 13.8 Å². The molecule has 5 nitrogen and oxygen atoms in total. The number of hydrogen-bond donors (Lipinski definition) is 3. The van der Waals surface area contributed by atoms with Crippen molar-refractivity contribution in [2.75, 3.05) is 0 Å². The van der Waals surface area contributed by atoms with Crippen LogP contribution in [0, 0.1) is 5.92 Å². The van der Waals surface area contributed by atoms with Gasteiger partial charge < -0.3 is 16.2 Å². The van der Waals surface area contributed by atoms with Gasteiger partial charge in [0.05, 0.1) is 6.04 Å². The molecule has 0 radical (unpaired) electrons. The minimum atomic E-state index is -1.08. The highest BCUT2D eigenvalue weighted by molar-refractivity contribution is 5.86. The molecule has 1 unspecified atom stereocenters. The van der Waals surface area contributed by atoms with Gasteiger partial charge in [-0.05, 0) is 18.8 Å². The molecule has 0 saturated carbocycles. The molecule has 16 heavy (non-hydrogen) atoms. The summed E-state index contributed by atoms with van der Waals surface area (Å²) >= 11 is 0. The number of carbonyl (C=O) groups excluding carboxylic acids is 1. The Morgan fingerprint density at radius 2 is 2.06 bits per heavy atom. The van der Waals surface area contributed by atoms with Crippen molar-refractivity contribution in [3.05, 3.63) is 12.7 Å². The third kappa shape index (κ3) is 5.50. The van der Waals surface area contributed by atoms with Crippen molar-refractivity contribution in [3.8, 4) is 0 Å². The molecule has 0 heterocycles. The molecule has 4 N–H and O–H groups in total. The predicted molar refractivity (Wildman–Crippen MR) is 61.8 cm³/mol. The highest BCUT2D eigenvalue weighted by Crippen LogP contribution is 2.03. The zero-order valence-electron chi connectivity index (χ0n) is 9.77. The zero-order valence-corrected chi connectivity index (χ0v) is 9.77. The Bertz CT molecular complexity index is 264. The number of carbonyl (C=O) groups is 2. The van der Waals surface area contributed by atoms with Gasteiger partial charge >= 0.3 is 5.97 Å². The Morgan fingerprint density at radius 3 is 2.44 bits per heavy atom. The van der Waals surface area contributed by atoms with Crippen LogP contribution >= 0.6 is 0 Å². The highest BCUT2D eigenvalue weighted by Gasteiger charge is 2.22. The van der Waals surface area contributed by atoms with E-state index < -0.39 is 24.0 Å². The number of rotatable bonds is 7.